The van der Waals surface area contributed by atoms with Crippen LogP contribution >= 0.6 is 11.6 Å². The monoisotopic (exact) mass is 316 g/mol. The Kier molecular flexibility index (Phi) is 3.92. The van der Waals surface area contributed by atoms with Crippen LogP contribution in [0.2, 0.25) is 5.02 Å². The predicted octanol–water partition coefficient (Wildman–Crippen LogP) is 3.49. The third-order valence-electron chi connectivity index (χ3n) is 3.43. The number of aromatic nitrogens is 3. The van der Waals surface area contributed by atoms with Gasteiger partial charge in [-0.25, -0.2) is 9.07 Å². The van der Waals surface area contributed by atoms with Gasteiger partial charge in [-0.05, 0) is 36.8 Å². The van der Waals surface area contributed by atoms with Crippen molar-refractivity contribution in [1.29, 1.82) is 0 Å². The average Bonchev–Trinajstić information content (AvgIpc) is 2.94. The molecule has 0 amide bonds. The summed E-state index contributed by atoms with van der Waals surface area (Å²) in [7, 11) is 0. The zero-order valence-electron chi connectivity index (χ0n) is 11.9. The highest BCUT2D eigenvalue weighted by Crippen LogP contribution is 2.27. The summed E-state index contributed by atoms with van der Waals surface area (Å²) in [6.45, 7) is 2.14. The fourth-order valence-electron chi connectivity index (χ4n) is 2.27. The van der Waals surface area contributed by atoms with E-state index in [0.717, 1.165) is 11.3 Å². The molecule has 0 fully saturated rings. The van der Waals surface area contributed by atoms with Gasteiger partial charge in [0.25, 0.3) is 0 Å². The Morgan fingerprint density at radius 1 is 1.23 bits per heavy atom. The van der Waals surface area contributed by atoms with Crippen molar-refractivity contribution >= 4 is 11.6 Å². The number of benzene rings is 2. The Morgan fingerprint density at radius 3 is 2.73 bits per heavy atom. The van der Waals surface area contributed by atoms with Gasteiger partial charge in [0.15, 0.2) is 0 Å². The SMILES string of the molecule is Cc1ccc(-n2nnc(CN)c2-c2cccc(F)c2)cc1Cl. The number of nitrogens with two attached hydrogens (primary N) is 1. The third kappa shape index (κ3) is 2.61. The number of nitrogens with zero attached hydrogens (tertiary/aromatic N) is 3. The quantitative estimate of drug-likeness (QED) is 0.804. The van der Waals surface area contributed by atoms with Gasteiger partial charge < -0.3 is 5.73 Å². The molecule has 0 radical (unpaired) electrons. The molecule has 0 aliphatic heterocycles. The minimum Gasteiger partial charge on any atom is -0.325 e. The van der Waals surface area contributed by atoms with E-state index < -0.39 is 0 Å². The number of hydrogen-bond acceptors (Lipinski definition) is 3. The maximum atomic E-state index is 13.5. The smallest absolute Gasteiger partial charge is 0.123 e. The van der Waals surface area contributed by atoms with E-state index in [1.807, 2.05) is 19.1 Å². The molecular formula is C16H14ClFN4. The number of hydrogen-bond donors (Lipinski definition) is 1. The first-order valence-corrected chi connectivity index (χ1v) is 7.15. The molecule has 0 saturated carbocycles. The lowest BCUT2D eigenvalue weighted by Gasteiger charge is -2.09. The Labute approximate surface area is 132 Å². The predicted molar refractivity (Wildman–Crippen MR) is 84.4 cm³/mol. The van der Waals surface area contributed by atoms with Crippen molar-refractivity contribution in [2.45, 2.75) is 13.5 Å². The van der Waals surface area contributed by atoms with Crippen molar-refractivity contribution in [2.75, 3.05) is 0 Å². The first kappa shape index (κ1) is 14.7. The molecule has 1 heterocycles. The molecule has 2 N–H and O–H groups in total. The van der Waals surface area contributed by atoms with Crippen LogP contribution in [0, 0.1) is 12.7 Å². The summed E-state index contributed by atoms with van der Waals surface area (Å²) in [5.41, 5.74) is 9.39. The summed E-state index contributed by atoms with van der Waals surface area (Å²) in [5, 5.41) is 8.86. The Hall–Kier alpha value is -2.24. The van der Waals surface area contributed by atoms with Gasteiger partial charge in [0.1, 0.15) is 11.5 Å². The molecule has 6 heteroatoms. The zero-order valence-corrected chi connectivity index (χ0v) is 12.7. The van der Waals surface area contributed by atoms with E-state index in [1.54, 1.807) is 22.9 Å². The van der Waals surface area contributed by atoms with Crippen LogP contribution in [0.15, 0.2) is 42.5 Å². The van der Waals surface area contributed by atoms with Crippen LogP contribution in [0.1, 0.15) is 11.3 Å². The summed E-state index contributed by atoms with van der Waals surface area (Å²) in [5.74, 6) is -0.324. The highest BCUT2D eigenvalue weighted by molar-refractivity contribution is 6.31. The molecule has 0 atom stereocenters. The first-order valence-electron chi connectivity index (χ1n) is 6.77. The molecule has 0 aliphatic rings. The highest BCUT2D eigenvalue weighted by atomic mass is 35.5. The van der Waals surface area contributed by atoms with Gasteiger partial charge >= 0.3 is 0 Å². The lowest BCUT2D eigenvalue weighted by atomic mass is 10.1. The first-order chi connectivity index (χ1) is 10.6. The lowest BCUT2D eigenvalue weighted by Crippen LogP contribution is -2.03. The Morgan fingerprint density at radius 2 is 2.05 bits per heavy atom. The fourth-order valence-corrected chi connectivity index (χ4v) is 2.44. The van der Waals surface area contributed by atoms with Crippen LogP contribution in [0.25, 0.3) is 16.9 Å². The van der Waals surface area contributed by atoms with E-state index >= 15 is 0 Å². The van der Waals surface area contributed by atoms with Crippen LogP contribution in [0.5, 0.6) is 0 Å². The van der Waals surface area contributed by atoms with Gasteiger partial charge in [-0.1, -0.05) is 35.0 Å². The second kappa shape index (κ2) is 5.87. The normalized spacial score (nSPS) is 10.9. The van der Waals surface area contributed by atoms with E-state index in [9.17, 15) is 4.39 Å². The van der Waals surface area contributed by atoms with Gasteiger partial charge in [-0.2, -0.15) is 0 Å². The summed E-state index contributed by atoms with van der Waals surface area (Å²) in [4.78, 5) is 0. The second-order valence-electron chi connectivity index (χ2n) is 4.94. The zero-order chi connectivity index (χ0) is 15.7. The molecule has 1 aromatic heterocycles. The van der Waals surface area contributed by atoms with Crippen molar-refractivity contribution < 1.29 is 4.39 Å². The minimum absolute atomic E-state index is 0.214. The Bertz CT molecular complexity index is 829. The maximum absolute atomic E-state index is 13.5. The van der Waals surface area contributed by atoms with E-state index in [1.165, 1.54) is 12.1 Å². The topological polar surface area (TPSA) is 56.7 Å². The molecule has 22 heavy (non-hydrogen) atoms. The van der Waals surface area contributed by atoms with E-state index in [0.29, 0.717) is 22.0 Å². The van der Waals surface area contributed by atoms with Gasteiger partial charge in [0.2, 0.25) is 0 Å². The molecule has 0 spiro atoms. The van der Waals surface area contributed by atoms with Crippen LogP contribution in [-0.4, -0.2) is 15.0 Å². The summed E-state index contributed by atoms with van der Waals surface area (Å²) in [6, 6.07) is 11.9. The standard InChI is InChI=1S/C16H14ClFN4/c1-10-5-6-13(8-14(10)17)22-16(15(9-19)20-21-22)11-3-2-4-12(18)7-11/h2-8H,9,19H2,1H3. The van der Waals surface area contributed by atoms with Crippen molar-refractivity contribution in [1.82, 2.24) is 15.0 Å². The van der Waals surface area contributed by atoms with Gasteiger partial charge in [-0.3, -0.25) is 0 Å². The number of rotatable bonds is 3. The third-order valence-corrected chi connectivity index (χ3v) is 3.84. The van der Waals surface area contributed by atoms with Crippen LogP contribution in [-0.2, 0) is 6.54 Å². The van der Waals surface area contributed by atoms with E-state index in [4.69, 9.17) is 17.3 Å². The van der Waals surface area contributed by atoms with Gasteiger partial charge in [0.05, 0.1) is 11.4 Å². The van der Waals surface area contributed by atoms with E-state index in [-0.39, 0.29) is 12.4 Å². The summed E-state index contributed by atoms with van der Waals surface area (Å²) < 4.78 is 15.2. The van der Waals surface area contributed by atoms with Crippen LogP contribution < -0.4 is 5.73 Å². The highest BCUT2D eigenvalue weighted by Gasteiger charge is 2.16. The summed E-state index contributed by atoms with van der Waals surface area (Å²) in [6.07, 6.45) is 0. The molecule has 3 aromatic rings. The van der Waals surface area contributed by atoms with E-state index in [2.05, 4.69) is 10.3 Å². The number of aryl methyl sites for hydroxylation is 1. The number of halogens is 2. The largest absolute Gasteiger partial charge is 0.325 e. The van der Waals surface area contributed by atoms with Crippen molar-refractivity contribution in [3.8, 4) is 16.9 Å². The van der Waals surface area contributed by atoms with Crippen LogP contribution in [0.3, 0.4) is 0 Å². The van der Waals surface area contributed by atoms with Crippen molar-refractivity contribution in [3.63, 3.8) is 0 Å². The van der Waals surface area contributed by atoms with Crippen LogP contribution in [0.4, 0.5) is 4.39 Å². The average molecular weight is 317 g/mol. The fraction of sp³-hybridized carbons (Fsp3) is 0.125. The molecule has 112 valence electrons. The van der Waals surface area contributed by atoms with Crippen molar-refractivity contribution in [3.05, 3.63) is 64.6 Å². The van der Waals surface area contributed by atoms with Gasteiger partial charge in [0, 0.05) is 17.1 Å². The molecule has 3 rings (SSSR count). The Balaban J connectivity index is 2.21. The molecule has 0 bridgehead atoms. The molecule has 0 saturated heterocycles. The minimum atomic E-state index is -0.324. The van der Waals surface area contributed by atoms with Gasteiger partial charge in [-0.15, -0.1) is 5.10 Å². The van der Waals surface area contributed by atoms with Crippen molar-refractivity contribution in [2.24, 2.45) is 5.73 Å². The summed E-state index contributed by atoms with van der Waals surface area (Å²) >= 11 is 6.18. The molecule has 0 aliphatic carbocycles. The molecule has 2 aromatic carbocycles. The molecule has 0 unspecified atom stereocenters. The maximum Gasteiger partial charge on any atom is 0.123 e. The molecular weight excluding hydrogens is 303 g/mol. The molecule has 4 nitrogen and oxygen atoms in total. The second-order valence-corrected chi connectivity index (χ2v) is 5.35. The lowest BCUT2D eigenvalue weighted by molar-refractivity contribution is 0.628.